The number of aromatic carboxylic acids is 1. The van der Waals surface area contributed by atoms with Crippen molar-refractivity contribution in [1.82, 2.24) is 9.88 Å². The summed E-state index contributed by atoms with van der Waals surface area (Å²) in [6, 6.07) is 17.5. The number of hydrogen-bond acceptors (Lipinski definition) is 3. The standard InChI is InChI=1S/C23H21FN2O3/c24-17-9-7-16(8-10-17)15-26-21-6-2-1-5-19(21)20(22(26)23(27)28)14-25-12-11-18-4-3-13-29-18/h1-10,13,25H,11-12,14-15H2,(H,27,28). The number of hydrogen-bond donors (Lipinski definition) is 2. The van der Waals surface area contributed by atoms with Gasteiger partial charge in [0.15, 0.2) is 0 Å². The van der Waals surface area contributed by atoms with Crippen LogP contribution in [0.25, 0.3) is 10.9 Å². The summed E-state index contributed by atoms with van der Waals surface area (Å²) < 4.78 is 20.4. The van der Waals surface area contributed by atoms with Crippen molar-refractivity contribution in [3.63, 3.8) is 0 Å². The van der Waals surface area contributed by atoms with Crippen LogP contribution in [-0.2, 0) is 19.5 Å². The Labute approximate surface area is 167 Å². The van der Waals surface area contributed by atoms with E-state index >= 15 is 0 Å². The highest BCUT2D eigenvalue weighted by molar-refractivity contribution is 5.98. The molecule has 0 saturated heterocycles. The van der Waals surface area contributed by atoms with E-state index in [1.807, 2.05) is 36.4 Å². The van der Waals surface area contributed by atoms with Crippen LogP contribution < -0.4 is 5.32 Å². The number of carboxylic acid groups (broad SMARTS) is 1. The van der Waals surface area contributed by atoms with Gasteiger partial charge in [0.25, 0.3) is 0 Å². The molecule has 2 aromatic carbocycles. The molecule has 148 valence electrons. The summed E-state index contributed by atoms with van der Waals surface area (Å²) in [4.78, 5) is 12.2. The van der Waals surface area contributed by atoms with E-state index in [2.05, 4.69) is 5.32 Å². The normalized spacial score (nSPS) is 11.2. The van der Waals surface area contributed by atoms with Gasteiger partial charge in [-0.25, -0.2) is 9.18 Å². The van der Waals surface area contributed by atoms with E-state index in [1.54, 1.807) is 23.0 Å². The highest BCUT2D eigenvalue weighted by Gasteiger charge is 2.22. The van der Waals surface area contributed by atoms with Crippen LogP contribution in [0.15, 0.2) is 71.3 Å². The fourth-order valence-electron chi connectivity index (χ4n) is 3.62. The molecule has 0 atom stereocenters. The predicted molar refractivity (Wildman–Crippen MR) is 109 cm³/mol. The number of para-hydroxylation sites is 1. The molecular weight excluding hydrogens is 371 g/mol. The number of fused-ring (bicyclic) bond motifs is 1. The molecule has 29 heavy (non-hydrogen) atoms. The van der Waals surface area contributed by atoms with Gasteiger partial charge in [0.1, 0.15) is 17.3 Å². The third-order valence-corrected chi connectivity index (χ3v) is 4.96. The number of aromatic nitrogens is 1. The average Bonchev–Trinajstić information content (AvgIpc) is 3.34. The summed E-state index contributed by atoms with van der Waals surface area (Å²) in [5.74, 6) is -0.410. The first kappa shape index (κ1) is 19.0. The minimum Gasteiger partial charge on any atom is -0.477 e. The van der Waals surface area contributed by atoms with E-state index in [9.17, 15) is 14.3 Å². The van der Waals surface area contributed by atoms with Crippen LogP contribution in [0.1, 0.15) is 27.4 Å². The summed E-state index contributed by atoms with van der Waals surface area (Å²) in [6.45, 7) is 1.46. The van der Waals surface area contributed by atoms with Crippen molar-refractivity contribution in [1.29, 1.82) is 0 Å². The summed E-state index contributed by atoms with van der Waals surface area (Å²) >= 11 is 0. The first-order chi connectivity index (χ1) is 14.1. The first-order valence-corrected chi connectivity index (χ1v) is 9.44. The van der Waals surface area contributed by atoms with E-state index in [1.165, 1.54) is 12.1 Å². The number of nitrogens with one attached hydrogen (secondary N) is 1. The summed E-state index contributed by atoms with van der Waals surface area (Å²) in [5.41, 5.74) is 2.68. The second kappa shape index (κ2) is 8.32. The molecule has 0 unspecified atom stereocenters. The molecular formula is C23H21FN2O3. The van der Waals surface area contributed by atoms with Gasteiger partial charge in [-0.05, 0) is 35.9 Å². The number of carbonyl (C=O) groups is 1. The van der Waals surface area contributed by atoms with Crippen molar-refractivity contribution in [3.8, 4) is 0 Å². The fraction of sp³-hybridized carbons (Fsp3) is 0.174. The number of halogens is 1. The smallest absolute Gasteiger partial charge is 0.352 e. The van der Waals surface area contributed by atoms with Crippen LogP contribution in [0.4, 0.5) is 4.39 Å². The lowest BCUT2D eigenvalue weighted by molar-refractivity contribution is 0.0684. The Balaban J connectivity index is 1.64. The number of rotatable bonds is 8. The zero-order valence-corrected chi connectivity index (χ0v) is 15.8. The average molecular weight is 392 g/mol. The topological polar surface area (TPSA) is 67.4 Å². The van der Waals surface area contributed by atoms with Crippen LogP contribution in [0.2, 0.25) is 0 Å². The van der Waals surface area contributed by atoms with E-state index in [4.69, 9.17) is 4.42 Å². The molecule has 2 N–H and O–H groups in total. The molecule has 2 aromatic heterocycles. The molecule has 0 aliphatic carbocycles. The molecule has 5 nitrogen and oxygen atoms in total. The maximum atomic E-state index is 13.2. The van der Waals surface area contributed by atoms with E-state index < -0.39 is 5.97 Å². The molecule has 0 saturated carbocycles. The Morgan fingerprint density at radius 1 is 1.07 bits per heavy atom. The van der Waals surface area contributed by atoms with Gasteiger partial charge in [-0.1, -0.05) is 30.3 Å². The molecule has 2 heterocycles. The molecule has 4 rings (SSSR count). The fourth-order valence-corrected chi connectivity index (χ4v) is 3.62. The lowest BCUT2D eigenvalue weighted by Crippen LogP contribution is -2.19. The van der Waals surface area contributed by atoms with Gasteiger partial charge in [0.05, 0.1) is 6.26 Å². The SMILES string of the molecule is O=C(O)c1c(CNCCc2ccco2)c2ccccc2n1Cc1ccc(F)cc1. The summed E-state index contributed by atoms with van der Waals surface area (Å²) in [7, 11) is 0. The molecule has 0 aliphatic heterocycles. The Morgan fingerprint density at radius 2 is 1.86 bits per heavy atom. The van der Waals surface area contributed by atoms with Gasteiger partial charge in [-0.3, -0.25) is 0 Å². The third kappa shape index (κ3) is 4.07. The number of benzene rings is 2. The van der Waals surface area contributed by atoms with E-state index in [0.717, 1.165) is 34.2 Å². The Kier molecular flexibility index (Phi) is 5.44. The Morgan fingerprint density at radius 3 is 2.59 bits per heavy atom. The number of nitrogens with zero attached hydrogens (tertiary/aromatic N) is 1. The van der Waals surface area contributed by atoms with Gasteiger partial charge in [0.2, 0.25) is 0 Å². The number of carboxylic acids is 1. The van der Waals surface area contributed by atoms with Crippen molar-refractivity contribution in [2.24, 2.45) is 0 Å². The van der Waals surface area contributed by atoms with Crippen molar-refractivity contribution in [3.05, 3.63) is 95.3 Å². The summed E-state index contributed by atoms with van der Waals surface area (Å²) in [6.07, 6.45) is 2.37. The van der Waals surface area contributed by atoms with Crippen molar-refractivity contribution in [2.75, 3.05) is 6.54 Å². The molecule has 0 radical (unpaired) electrons. The molecule has 0 fully saturated rings. The van der Waals surface area contributed by atoms with Crippen molar-refractivity contribution >= 4 is 16.9 Å². The van der Waals surface area contributed by atoms with Gasteiger partial charge in [-0.2, -0.15) is 0 Å². The van der Waals surface area contributed by atoms with Crippen molar-refractivity contribution in [2.45, 2.75) is 19.5 Å². The zero-order chi connectivity index (χ0) is 20.2. The molecule has 6 heteroatoms. The first-order valence-electron chi connectivity index (χ1n) is 9.44. The molecule has 0 bridgehead atoms. The highest BCUT2D eigenvalue weighted by atomic mass is 19.1. The van der Waals surface area contributed by atoms with E-state index in [-0.39, 0.29) is 11.5 Å². The monoisotopic (exact) mass is 392 g/mol. The quantitative estimate of drug-likeness (QED) is 0.435. The predicted octanol–water partition coefficient (Wildman–Crippen LogP) is 4.45. The van der Waals surface area contributed by atoms with Gasteiger partial charge < -0.3 is 19.4 Å². The van der Waals surface area contributed by atoms with Crippen molar-refractivity contribution < 1.29 is 18.7 Å². The Hall–Kier alpha value is -3.38. The summed E-state index contributed by atoms with van der Waals surface area (Å²) in [5, 5.41) is 14.2. The lowest BCUT2D eigenvalue weighted by atomic mass is 10.1. The van der Waals surface area contributed by atoms with E-state index in [0.29, 0.717) is 19.6 Å². The highest BCUT2D eigenvalue weighted by Crippen LogP contribution is 2.27. The van der Waals surface area contributed by atoms with Gasteiger partial charge in [0, 0.05) is 42.5 Å². The number of furan rings is 1. The zero-order valence-electron chi connectivity index (χ0n) is 15.8. The molecule has 0 amide bonds. The second-order valence-electron chi connectivity index (χ2n) is 6.87. The van der Waals surface area contributed by atoms with Gasteiger partial charge >= 0.3 is 5.97 Å². The van der Waals surface area contributed by atoms with Gasteiger partial charge in [-0.15, -0.1) is 0 Å². The maximum Gasteiger partial charge on any atom is 0.352 e. The van der Waals surface area contributed by atoms with Crippen LogP contribution >= 0.6 is 0 Å². The largest absolute Gasteiger partial charge is 0.477 e. The van der Waals surface area contributed by atoms with Crippen LogP contribution in [-0.4, -0.2) is 22.2 Å². The van der Waals surface area contributed by atoms with Crippen LogP contribution in [0.3, 0.4) is 0 Å². The Bertz CT molecular complexity index is 1120. The third-order valence-electron chi connectivity index (χ3n) is 4.96. The maximum absolute atomic E-state index is 13.2. The molecule has 4 aromatic rings. The molecule has 0 aliphatic rings. The minimum absolute atomic E-state index is 0.251. The van der Waals surface area contributed by atoms with Crippen LogP contribution in [0.5, 0.6) is 0 Å². The second-order valence-corrected chi connectivity index (χ2v) is 6.87. The molecule has 0 spiro atoms. The minimum atomic E-state index is -0.980. The van der Waals surface area contributed by atoms with Crippen LogP contribution in [0, 0.1) is 5.82 Å². The lowest BCUT2D eigenvalue weighted by Gasteiger charge is -2.10.